The summed E-state index contributed by atoms with van der Waals surface area (Å²) in [6.45, 7) is 0. The topological polar surface area (TPSA) is 64.7 Å². The Morgan fingerprint density at radius 3 is 1.42 bits per heavy atom. The van der Waals surface area contributed by atoms with Gasteiger partial charge in [-0.25, -0.2) is 19.9 Å². The number of hydrogen-bond donors (Lipinski definition) is 0. The monoisotopic (exact) mass is 818 g/mol. The Labute approximate surface area is 371 Å². The van der Waals surface area contributed by atoms with Crippen molar-refractivity contribution in [2.45, 2.75) is 5.41 Å². The smallest absolute Gasteiger partial charge is 0.227 e. The molecule has 2 aromatic heterocycles. The van der Waals surface area contributed by atoms with Crippen molar-refractivity contribution in [2.24, 2.45) is 0 Å². The lowest BCUT2D eigenvalue weighted by atomic mass is 9.67. The normalized spacial score (nSPS) is 14.0. The first-order valence-corrected chi connectivity index (χ1v) is 21.5. The molecule has 5 nitrogen and oxygen atoms in total. The van der Waals surface area contributed by atoms with Crippen LogP contribution in [0.2, 0.25) is 0 Å². The number of hydrogen-bond acceptors (Lipinski definition) is 5. The number of nitrogens with zero attached hydrogens (tertiary/aromatic N) is 4. The van der Waals surface area contributed by atoms with Crippen molar-refractivity contribution >= 4 is 11.1 Å². The third-order valence-electron chi connectivity index (χ3n) is 12.4. The van der Waals surface area contributed by atoms with Crippen molar-refractivity contribution in [1.29, 1.82) is 0 Å². The Hall–Kier alpha value is -8.54. The minimum Gasteiger partial charge on any atom is -0.436 e. The largest absolute Gasteiger partial charge is 0.436 e. The van der Waals surface area contributed by atoms with Crippen LogP contribution in [0, 0.1) is 0 Å². The summed E-state index contributed by atoms with van der Waals surface area (Å²) in [4.78, 5) is 19.8. The molecule has 0 bridgehead atoms. The molecular formula is C59H38N4O. The second-order valence-electron chi connectivity index (χ2n) is 16.2. The lowest BCUT2D eigenvalue weighted by Gasteiger charge is -2.34. The van der Waals surface area contributed by atoms with Crippen LogP contribution in [-0.4, -0.2) is 19.9 Å². The molecular weight excluding hydrogens is 781 g/mol. The number of benzene rings is 9. The van der Waals surface area contributed by atoms with E-state index in [0.717, 1.165) is 61.2 Å². The van der Waals surface area contributed by atoms with Crippen molar-refractivity contribution in [1.82, 2.24) is 19.9 Å². The van der Waals surface area contributed by atoms with Crippen LogP contribution in [0.3, 0.4) is 0 Å². The molecule has 64 heavy (non-hydrogen) atoms. The summed E-state index contributed by atoms with van der Waals surface area (Å²) in [7, 11) is 0. The van der Waals surface area contributed by atoms with Gasteiger partial charge in [0.25, 0.3) is 0 Å². The van der Waals surface area contributed by atoms with E-state index in [1.165, 1.54) is 27.8 Å². The van der Waals surface area contributed by atoms with Gasteiger partial charge in [-0.15, -0.1) is 0 Å². The van der Waals surface area contributed by atoms with Crippen LogP contribution in [0.1, 0.15) is 22.3 Å². The molecule has 5 heteroatoms. The van der Waals surface area contributed by atoms with Crippen LogP contribution in [0.25, 0.3) is 90.1 Å². The predicted molar refractivity (Wildman–Crippen MR) is 257 cm³/mol. The molecule has 11 aromatic rings. The maximum atomic E-state index is 6.53. The molecule has 0 amide bonds. The van der Waals surface area contributed by atoms with E-state index < -0.39 is 5.41 Å². The van der Waals surface area contributed by atoms with Crippen LogP contribution in [0.15, 0.2) is 235 Å². The minimum absolute atomic E-state index is 0.614. The lowest BCUT2D eigenvalue weighted by molar-refractivity contribution is 0.618. The molecule has 9 aromatic carbocycles. The van der Waals surface area contributed by atoms with Crippen LogP contribution in [0.5, 0.6) is 0 Å². The van der Waals surface area contributed by atoms with E-state index >= 15 is 0 Å². The Balaban J connectivity index is 0.975. The molecule has 0 saturated carbocycles. The molecule has 0 aliphatic heterocycles. The van der Waals surface area contributed by atoms with Gasteiger partial charge in [0.2, 0.25) is 5.89 Å². The van der Waals surface area contributed by atoms with Gasteiger partial charge in [-0.2, -0.15) is 0 Å². The average Bonchev–Trinajstić information content (AvgIpc) is 3.95. The van der Waals surface area contributed by atoms with Crippen LogP contribution in [0.4, 0.5) is 0 Å². The highest BCUT2D eigenvalue weighted by Crippen LogP contribution is 2.57. The van der Waals surface area contributed by atoms with E-state index in [1.54, 1.807) is 0 Å². The Bertz CT molecular complexity index is 3440. The number of aromatic nitrogens is 4. The predicted octanol–water partition coefficient (Wildman–Crippen LogP) is 14.4. The van der Waals surface area contributed by atoms with Gasteiger partial charge in [0, 0.05) is 22.3 Å². The Morgan fingerprint density at radius 2 is 0.781 bits per heavy atom. The van der Waals surface area contributed by atoms with E-state index in [4.69, 9.17) is 24.4 Å². The van der Waals surface area contributed by atoms with Crippen LogP contribution in [-0.2, 0) is 5.41 Å². The van der Waals surface area contributed by atoms with E-state index in [9.17, 15) is 0 Å². The molecule has 0 saturated heterocycles. The molecule has 0 radical (unpaired) electrons. The number of oxazole rings is 1. The highest BCUT2D eigenvalue weighted by Gasteiger charge is 2.46. The molecule has 1 unspecified atom stereocenters. The summed E-state index contributed by atoms with van der Waals surface area (Å²) >= 11 is 0. The number of fused-ring (bicyclic) bond motifs is 4. The first kappa shape index (κ1) is 37.2. The summed E-state index contributed by atoms with van der Waals surface area (Å²) in [5.74, 6) is 2.52. The molecule has 0 spiro atoms. The van der Waals surface area contributed by atoms with E-state index in [0.29, 0.717) is 23.4 Å². The molecule has 1 atom stereocenters. The highest BCUT2D eigenvalue weighted by molar-refractivity contribution is 5.90. The summed E-state index contributed by atoms with van der Waals surface area (Å²) in [6, 6.07) is 80.8. The zero-order chi connectivity index (χ0) is 42.5. The fourth-order valence-corrected chi connectivity index (χ4v) is 9.45. The molecule has 1 aliphatic carbocycles. The second-order valence-corrected chi connectivity index (χ2v) is 16.2. The van der Waals surface area contributed by atoms with E-state index in [2.05, 4.69) is 140 Å². The second kappa shape index (κ2) is 15.4. The molecule has 0 fully saturated rings. The Morgan fingerprint density at radius 1 is 0.297 bits per heavy atom. The average molecular weight is 819 g/mol. The van der Waals surface area contributed by atoms with Gasteiger partial charge >= 0.3 is 0 Å². The van der Waals surface area contributed by atoms with Gasteiger partial charge in [0.1, 0.15) is 5.52 Å². The van der Waals surface area contributed by atoms with Gasteiger partial charge in [-0.1, -0.05) is 188 Å². The quantitative estimate of drug-likeness (QED) is 0.153. The summed E-state index contributed by atoms with van der Waals surface area (Å²) in [5, 5.41) is 0. The third-order valence-corrected chi connectivity index (χ3v) is 12.4. The van der Waals surface area contributed by atoms with E-state index in [-0.39, 0.29) is 0 Å². The van der Waals surface area contributed by atoms with Gasteiger partial charge in [0.05, 0.1) is 5.41 Å². The van der Waals surface area contributed by atoms with Crippen molar-refractivity contribution in [3.05, 3.63) is 253 Å². The van der Waals surface area contributed by atoms with Crippen molar-refractivity contribution < 1.29 is 4.42 Å². The minimum atomic E-state index is -0.620. The van der Waals surface area contributed by atoms with Crippen molar-refractivity contribution in [3.63, 3.8) is 0 Å². The molecule has 0 N–H and O–H groups in total. The summed E-state index contributed by atoms with van der Waals surface area (Å²) < 4.78 is 6.53. The fraction of sp³-hybridized carbons (Fsp3) is 0.0169. The zero-order valence-corrected chi connectivity index (χ0v) is 34.6. The standard InChI is InChI=1S/C59H38N4O/c1-5-17-39(18-6-1)55-61-56(40-19-7-2-8-20-40)63-57(62-55)46-26-16-25-44(36-46)42-23-15-24-43(35-42)45-31-33-50-49-29-13-14-30-51(49)59(52(50)37-45,47-27-11-4-12-28-47)48-32-34-53-54(38-48)64-58(60-53)41-21-9-3-10-22-41/h1-38H. The van der Waals surface area contributed by atoms with E-state index in [1.807, 2.05) is 91.0 Å². The molecule has 300 valence electrons. The maximum Gasteiger partial charge on any atom is 0.227 e. The number of rotatable bonds is 8. The molecule has 2 heterocycles. The molecule has 12 rings (SSSR count). The SMILES string of the molecule is c1ccc(-c2nc(-c3ccccc3)nc(-c3cccc(-c4cccc(-c5ccc6c(c5)C(c5ccccc5)(c5ccc7nc(-c8ccccc8)oc7c5)c5ccccc5-6)c4)c3)n2)cc1. The lowest BCUT2D eigenvalue weighted by Crippen LogP contribution is -2.28. The molecule has 1 aliphatic rings. The zero-order valence-electron chi connectivity index (χ0n) is 34.6. The van der Waals surface area contributed by atoms with Gasteiger partial charge in [0.15, 0.2) is 23.1 Å². The van der Waals surface area contributed by atoms with Gasteiger partial charge < -0.3 is 4.42 Å². The van der Waals surface area contributed by atoms with Crippen molar-refractivity contribution in [2.75, 3.05) is 0 Å². The maximum absolute atomic E-state index is 6.53. The first-order valence-electron chi connectivity index (χ1n) is 21.5. The van der Waals surface area contributed by atoms with Gasteiger partial charge in [-0.3, -0.25) is 0 Å². The van der Waals surface area contributed by atoms with Crippen LogP contribution < -0.4 is 0 Å². The van der Waals surface area contributed by atoms with Gasteiger partial charge in [-0.05, 0) is 98.1 Å². The Kier molecular flexibility index (Phi) is 8.97. The third kappa shape index (κ3) is 6.33. The summed E-state index contributed by atoms with van der Waals surface area (Å²) in [6.07, 6.45) is 0. The fourth-order valence-electron chi connectivity index (χ4n) is 9.45. The van der Waals surface area contributed by atoms with Crippen molar-refractivity contribution in [3.8, 4) is 79.0 Å². The highest BCUT2D eigenvalue weighted by atomic mass is 16.3. The first-order chi connectivity index (χ1) is 31.7. The summed E-state index contributed by atoms with van der Waals surface area (Å²) in [5.41, 5.74) is 16.4. The van der Waals surface area contributed by atoms with Crippen LogP contribution >= 0.6 is 0 Å².